The molecule has 76 valence electrons. The van der Waals surface area contributed by atoms with Crippen molar-refractivity contribution in [3.63, 3.8) is 0 Å². The van der Waals surface area contributed by atoms with E-state index in [4.69, 9.17) is 4.74 Å². The van der Waals surface area contributed by atoms with Crippen LogP contribution in [0.5, 0.6) is 5.88 Å². The summed E-state index contributed by atoms with van der Waals surface area (Å²) in [7, 11) is 1.55. The van der Waals surface area contributed by atoms with Crippen LogP contribution in [0.4, 0.5) is 4.39 Å². The number of rotatable bonds is 2. The Bertz CT molecular complexity index is 453. The maximum absolute atomic E-state index is 13.4. The highest BCUT2D eigenvalue weighted by molar-refractivity contribution is 5.63. The molecule has 0 N–H and O–H groups in total. The van der Waals surface area contributed by atoms with Gasteiger partial charge in [0.2, 0.25) is 5.88 Å². The van der Waals surface area contributed by atoms with Gasteiger partial charge in [-0.25, -0.2) is 9.37 Å². The molecule has 0 aliphatic carbocycles. The molecule has 1 heterocycles. The third-order valence-corrected chi connectivity index (χ3v) is 2.13. The van der Waals surface area contributed by atoms with E-state index in [0.29, 0.717) is 11.4 Å². The van der Waals surface area contributed by atoms with Crippen LogP contribution in [0.3, 0.4) is 0 Å². The molecular formula is C12H10FNO. The summed E-state index contributed by atoms with van der Waals surface area (Å²) in [6.07, 6.45) is 1.59. The number of aromatic nitrogens is 1. The fraction of sp³-hybridized carbons (Fsp3) is 0.0833. The Morgan fingerprint density at radius 3 is 2.53 bits per heavy atom. The first-order valence-corrected chi connectivity index (χ1v) is 4.56. The van der Waals surface area contributed by atoms with Crippen LogP contribution in [0.2, 0.25) is 0 Å². The van der Waals surface area contributed by atoms with Crippen LogP contribution >= 0.6 is 0 Å². The topological polar surface area (TPSA) is 22.1 Å². The minimum absolute atomic E-state index is 0.246. The lowest BCUT2D eigenvalue weighted by Crippen LogP contribution is -1.88. The second-order valence-electron chi connectivity index (χ2n) is 3.07. The SMILES string of the molecule is COc1ccc(-c2ccccc2F)cn1. The van der Waals surface area contributed by atoms with Crippen LogP contribution in [0.25, 0.3) is 11.1 Å². The van der Waals surface area contributed by atoms with Crippen molar-refractivity contribution in [2.75, 3.05) is 7.11 Å². The maximum atomic E-state index is 13.4. The van der Waals surface area contributed by atoms with Gasteiger partial charge in [0, 0.05) is 23.4 Å². The molecule has 15 heavy (non-hydrogen) atoms. The Balaban J connectivity index is 2.42. The molecule has 0 amide bonds. The molecule has 0 bridgehead atoms. The Labute approximate surface area is 87.4 Å². The van der Waals surface area contributed by atoms with E-state index in [0.717, 1.165) is 5.56 Å². The van der Waals surface area contributed by atoms with E-state index < -0.39 is 0 Å². The second kappa shape index (κ2) is 4.09. The minimum atomic E-state index is -0.246. The van der Waals surface area contributed by atoms with E-state index in [2.05, 4.69) is 4.98 Å². The lowest BCUT2D eigenvalue weighted by molar-refractivity contribution is 0.398. The summed E-state index contributed by atoms with van der Waals surface area (Å²) in [5, 5.41) is 0. The summed E-state index contributed by atoms with van der Waals surface area (Å²) < 4.78 is 18.3. The van der Waals surface area contributed by atoms with Gasteiger partial charge in [-0.05, 0) is 12.1 Å². The maximum Gasteiger partial charge on any atom is 0.212 e. The number of halogens is 1. The zero-order chi connectivity index (χ0) is 10.7. The van der Waals surface area contributed by atoms with E-state index in [9.17, 15) is 4.39 Å². The van der Waals surface area contributed by atoms with Crippen molar-refractivity contribution in [3.8, 4) is 17.0 Å². The van der Waals surface area contributed by atoms with E-state index in [1.54, 1.807) is 43.6 Å². The van der Waals surface area contributed by atoms with Gasteiger partial charge in [-0.3, -0.25) is 0 Å². The highest BCUT2D eigenvalue weighted by atomic mass is 19.1. The summed E-state index contributed by atoms with van der Waals surface area (Å²) in [6.45, 7) is 0. The monoisotopic (exact) mass is 203 g/mol. The van der Waals surface area contributed by atoms with Crippen molar-refractivity contribution in [1.82, 2.24) is 4.98 Å². The summed E-state index contributed by atoms with van der Waals surface area (Å²) in [5.41, 5.74) is 1.29. The van der Waals surface area contributed by atoms with Gasteiger partial charge in [-0.15, -0.1) is 0 Å². The van der Waals surface area contributed by atoms with E-state index in [1.807, 2.05) is 0 Å². The fourth-order valence-corrected chi connectivity index (χ4v) is 1.36. The predicted octanol–water partition coefficient (Wildman–Crippen LogP) is 2.90. The van der Waals surface area contributed by atoms with Gasteiger partial charge in [0.25, 0.3) is 0 Å². The molecule has 0 radical (unpaired) electrons. The molecule has 0 fully saturated rings. The van der Waals surface area contributed by atoms with Crippen molar-refractivity contribution < 1.29 is 9.13 Å². The van der Waals surface area contributed by atoms with Crippen molar-refractivity contribution in [3.05, 3.63) is 48.4 Å². The van der Waals surface area contributed by atoms with Crippen LogP contribution in [-0.2, 0) is 0 Å². The predicted molar refractivity (Wildman–Crippen MR) is 56.2 cm³/mol. The van der Waals surface area contributed by atoms with Gasteiger partial charge in [0.1, 0.15) is 5.82 Å². The van der Waals surface area contributed by atoms with Gasteiger partial charge in [-0.2, -0.15) is 0 Å². The molecule has 0 aliphatic heterocycles. The zero-order valence-corrected chi connectivity index (χ0v) is 8.27. The van der Waals surface area contributed by atoms with Crippen LogP contribution < -0.4 is 4.74 Å². The van der Waals surface area contributed by atoms with E-state index in [-0.39, 0.29) is 5.82 Å². The second-order valence-corrected chi connectivity index (χ2v) is 3.07. The average molecular weight is 203 g/mol. The normalized spacial score (nSPS) is 10.0. The number of hydrogen-bond donors (Lipinski definition) is 0. The van der Waals surface area contributed by atoms with Gasteiger partial charge in [0.05, 0.1) is 7.11 Å². The van der Waals surface area contributed by atoms with Crippen LogP contribution in [-0.4, -0.2) is 12.1 Å². The Morgan fingerprint density at radius 2 is 1.93 bits per heavy atom. The molecule has 1 aromatic heterocycles. The van der Waals surface area contributed by atoms with Crippen LogP contribution in [0, 0.1) is 5.82 Å². The van der Waals surface area contributed by atoms with Gasteiger partial charge >= 0.3 is 0 Å². The minimum Gasteiger partial charge on any atom is -0.481 e. The van der Waals surface area contributed by atoms with Crippen LogP contribution in [0.1, 0.15) is 0 Å². The molecule has 2 nitrogen and oxygen atoms in total. The number of hydrogen-bond acceptors (Lipinski definition) is 2. The lowest BCUT2D eigenvalue weighted by Gasteiger charge is -2.03. The Hall–Kier alpha value is -1.90. The lowest BCUT2D eigenvalue weighted by atomic mass is 10.1. The van der Waals surface area contributed by atoms with Crippen molar-refractivity contribution in [2.24, 2.45) is 0 Å². The van der Waals surface area contributed by atoms with Crippen molar-refractivity contribution in [1.29, 1.82) is 0 Å². The number of benzene rings is 1. The third kappa shape index (κ3) is 1.96. The zero-order valence-electron chi connectivity index (χ0n) is 8.27. The largest absolute Gasteiger partial charge is 0.481 e. The smallest absolute Gasteiger partial charge is 0.212 e. The molecule has 2 rings (SSSR count). The standard InChI is InChI=1S/C12H10FNO/c1-15-12-7-6-9(8-14-12)10-4-2-3-5-11(10)13/h2-8H,1H3. The molecular weight excluding hydrogens is 193 g/mol. The average Bonchev–Trinajstić information content (AvgIpc) is 2.30. The summed E-state index contributed by atoms with van der Waals surface area (Å²) >= 11 is 0. The first-order valence-electron chi connectivity index (χ1n) is 4.56. The fourth-order valence-electron chi connectivity index (χ4n) is 1.36. The third-order valence-electron chi connectivity index (χ3n) is 2.13. The van der Waals surface area contributed by atoms with E-state index >= 15 is 0 Å². The Kier molecular flexibility index (Phi) is 2.63. The highest BCUT2D eigenvalue weighted by Crippen LogP contribution is 2.22. The van der Waals surface area contributed by atoms with Crippen molar-refractivity contribution >= 4 is 0 Å². The number of ether oxygens (including phenoxy) is 1. The van der Waals surface area contributed by atoms with E-state index in [1.165, 1.54) is 6.07 Å². The summed E-state index contributed by atoms with van der Waals surface area (Å²) in [4.78, 5) is 4.03. The molecule has 3 heteroatoms. The molecule has 0 aliphatic rings. The molecule has 0 saturated heterocycles. The first kappa shape index (κ1) is 9.65. The summed E-state index contributed by atoms with van der Waals surface area (Å²) in [5.74, 6) is 0.277. The molecule has 0 saturated carbocycles. The van der Waals surface area contributed by atoms with Gasteiger partial charge < -0.3 is 4.74 Å². The van der Waals surface area contributed by atoms with Crippen molar-refractivity contribution in [2.45, 2.75) is 0 Å². The molecule has 0 spiro atoms. The molecule has 0 unspecified atom stereocenters. The Morgan fingerprint density at radius 1 is 1.13 bits per heavy atom. The highest BCUT2D eigenvalue weighted by Gasteiger charge is 2.03. The molecule has 1 aromatic carbocycles. The first-order chi connectivity index (χ1) is 7.31. The number of nitrogens with zero attached hydrogens (tertiary/aromatic N) is 1. The summed E-state index contributed by atoms with van der Waals surface area (Å²) in [6, 6.07) is 10.1. The molecule has 2 aromatic rings. The van der Waals surface area contributed by atoms with Gasteiger partial charge in [-0.1, -0.05) is 18.2 Å². The quantitative estimate of drug-likeness (QED) is 0.748. The number of pyridine rings is 1. The van der Waals surface area contributed by atoms with Gasteiger partial charge in [0.15, 0.2) is 0 Å². The number of methoxy groups -OCH3 is 1. The molecule has 0 atom stereocenters. The van der Waals surface area contributed by atoms with Crippen LogP contribution in [0.15, 0.2) is 42.6 Å².